The van der Waals surface area contributed by atoms with Gasteiger partial charge in [-0.05, 0) is 36.5 Å². The van der Waals surface area contributed by atoms with Gasteiger partial charge in [-0.15, -0.1) is 0 Å². The van der Waals surface area contributed by atoms with Crippen LogP contribution in [0.4, 0.5) is 5.69 Å². The summed E-state index contributed by atoms with van der Waals surface area (Å²) in [4.78, 5) is 11.6. The Bertz CT molecular complexity index is 489. The van der Waals surface area contributed by atoms with E-state index in [0.29, 0.717) is 6.04 Å². The highest BCUT2D eigenvalue weighted by Gasteiger charge is 2.41. The first kappa shape index (κ1) is 11.9. The number of benzene rings is 1. The fourth-order valence-corrected chi connectivity index (χ4v) is 4.37. The van der Waals surface area contributed by atoms with Crippen LogP contribution in [0.1, 0.15) is 23.5 Å². The molecule has 96 valence electrons. The molecule has 2 aliphatic rings. The Morgan fingerprint density at radius 3 is 3.11 bits per heavy atom. The van der Waals surface area contributed by atoms with Gasteiger partial charge in [0.2, 0.25) is 0 Å². The van der Waals surface area contributed by atoms with Crippen LogP contribution in [0.3, 0.4) is 0 Å². The van der Waals surface area contributed by atoms with Crippen LogP contribution in [0, 0.1) is 12.8 Å². The van der Waals surface area contributed by atoms with Gasteiger partial charge >= 0.3 is 5.97 Å². The molecule has 18 heavy (non-hydrogen) atoms. The Balaban J connectivity index is 2.07. The summed E-state index contributed by atoms with van der Waals surface area (Å²) in [6.07, 6.45) is 1.06. The van der Waals surface area contributed by atoms with E-state index in [1.165, 1.54) is 0 Å². The first-order valence-corrected chi connectivity index (χ1v) is 7.50. The zero-order chi connectivity index (χ0) is 12.7. The zero-order valence-electron chi connectivity index (χ0n) is 10.3. The molecule has 0 saturated carbocycles. The van der Waals surface area contributed by atoms with Crippen LogP contribution in [0.25, 0.3) is 0 Å². The second kappa shape index (κ2) is 4.50. The maximum atomic E-state index is 11.6. The van der Waals surface area contributed by atoms with E-state index in [-0.39, 0.29) is 11.8 Å². The van der Waals surface area contributed by atoms with Gasteiger partial charge in [-0.25, -0.2) is 0 Å². The number of hydrogen-bond acceptors (Lipinski definition) is 3. The molecule has 1 fully saturated rings. The van der Waals surface area contributed by atoms with Gasteiger partial charge in [0.1, 0.15) is 0 Å². The summed E-state index contributed by atoms with van der Waals surface area (Å²) in [7, 11) is 0. The van der Waals surface area contributed by atoms with Crippen LogP contribution in [-0.2, 0) is 4.79 Å². The summed E-state index contributed by atoms with van der Waals surface area (Å²) < 4.78 is 0. The molecule has 0 aliphatic carbocycles. The molecule has 1 aromatic carbocycles. The third-order valence-electron chi connectivity index (χ3n) is 3.98. The number of carboxylic acids is 1. The minimum absolute atomic E-state index is 0.218. The van der Waals surface area contributed by atoms with Crippen molar-refractivity contribution >= 4 is 23.4 Å². The second-order valence-electron chi connectivity index (χ2n) is 5.18. The van der Waals surface area contributed by atoms with Crippen molar-refractivity contribution in [2.24, 2.45) is 5.92 Å². The lowest BCUT2D eigenvalue weighted by Gasteiger charge is -2.41. The first-order valence-electron chi connectivity index (χ1n) is 6.34. The van der Waals surface area contributed by atoms with Crippen molar-refractivity contribution < 1.29 is 9.90 Å². The molecule has 0 bridgehead atoms. The highest BCUT2D eigenvalue weighted by molar-refractivity contribution is 7.99. The highest BCUT2D eigenvalue weighted by atomic mass is 32.2. The topological polar surface area (TPSA) is 49.3 Å². The molecule has 1 aromatic rings. The second-order valence-corrected chi connectivity index (χ2v) is 6.33. The smallest absolute Gasteiger partial charge is 0.311 e. The number of aliphatic carboxylic acids is 1. The van der Waals surface area contributed by atoms with Crippen molar-refractivity contribution in [2.45, 2.75) is 25.3 Å². The molecule has 3 unspecified atom stereocenters. The third kappa shape index (κ3) is 1.88. The van der Waals surface area contributed by atoms with Crippen molar-refractivity contribution in [3.8, 4) is 0 Å². The van der Waals surface area contributed by atoms with Gasteiger partial charge in [-0.1, -0.05) is 17.7 Å². The van der Waals surface area contributed by atoms with E-state index >= 15 is 0 Å². The zero-order valence-corrected chi connectivity index (χ0v) is 11.2. The van der Waals surface area contributed by atoms with Crippen LogP contribution in [0.5, 0.6) is 0 Å². The van der Waals surface area contributed by atoms with E-state index in [1.807, 2.05) is 36.9 Å². The summed E-state index contributed by atoms with van der Waals surface area (Å²) >= 11 is 1.88. The molecule has 2 heterocycles. The Kier molecular flexibility index (Phi) is 2.98. The van der Waals surface area contributed by atoms with Crippen molar-refractivity contribution in [3.63, 3.8) is 0 Å². The predicted molar refractivity (Wildman–Crippen MR) is 74.4 cm³/mol. The number of rotatable bonds is 1. The molecule has 0 aromatic heterocycles. The molecule has 3 atom stereocenters. The van der Waals surface area contributed by atoms with E-state index in [2.05, 4.69) is 5.32 Å². The Morgan fingerprint density at radius 1 is 1.50 bits per heavy atom. The summed E-state index contributed by atoms with van der Waals surface area (Å²) in [6.45, 7) is 2.01. The van der Waals surface area contributed by atoms with Gasteiger partial charge in [0.05, 0.1) is 5.92 Å². The molecular formula is C14H17NO2S. The lowest BCUT2D eigenvalue weighted by Crippen LogP contribution is -2.44. The van der Waals surface area contributed by atoms with E-state index in [9.17, 15) is 9.90 Å². The maximum Gasteiger partial charge on any atom is 0.311 e. The molecule has 4 heteroatoms. The van der Waals surface area contributed by atoms with E-state index in [1.54, 1.807) is 0 Å². The summed E-state index contributed by atoms with van der Waals surface area (Å²) in [5.74, 6) is 1.26. The van der Waals surface area contributed by atoms with E-state index in [0.717, 1.165) is 34.7 Å². The summed E-state index contributed by atoms with van der Waals surface area (Å²) in [5, 5.41) is 13.1. The van der Waals surface area contributed by atoms with E-state index < -0.39 is 5.97 Å². The van der Waals surface area contributed by atoms with Crippen LogP contribution >= 0.6 is 11.8 Å². The van der Waals surface area contributed by atoms with Gasteiger partial charge < -0.3 is 10.4 Å². The molecule has 2 aliphatic heterocycles. The number of aryl methyl sites for hydroxylation is 1. The highest BCUT2D eigenvalue weighted by Crippen LogP contribution is 2.43. The largest absolute Gasteiger partial charge is 0.481 e. The molecule has 3 rings (SSSR count). The van der Waals surface area contributed by atoms with E-state index in [4.69, 9.17) is 0 Å². The third-order valence-corrected chi connectivity index (χ3v) is 5.12. The van der Waals surface area contributed by atoms with Gasteiger partial charge in [0, 0.05) is 17.6 Å². The van der Waals surface area contributed by atoms with Crippen LogP contribution in [0.2, 0.25) is 0 Å². The van der Waals surface area contributed by atoms with Gasteiger partial charge in [-0.2, -0.15) is 11.8 Å². The lowest BCUT2D eigenvalue weighted by atomic mass is 9.77. The van der Waals surface area contributed by atoms with Crippen molar-refractivity contribution in [2.75, 3.05) is 16.8 Å². The fourth-order valence-electron chi connectivity index (χ4n) is 3.09. The molecule has 0 amide bonds. The monoisotopic (exact) mass is 263 g/mol. The molecular weight excluding hydrogens is 246 g/mol. The fraction of sp³-hybridized carbons (Fsp3) is 0.500. The van der Waals surface area contributed by atoms with Crippen molar-refractivity contribution in [3.05, 3.63) is 29.3 Å². The summed E-state index contributed by atoms with van der Waals surface area (Å²) in [5.41, 5.74) is 3.11. The van der Waals surface area contributed by atoms with Crippen LogP contribution in [0.15, 0.2) is 18.2 Å². The quantitative estimate of drug-likeness (QED) is 0.818. The summed E-state index contributed by atoms with van der Waals surface area (Å²) in [6, 6.07) is 6.42. The maximum absolute atomic E-state index is 11.6. The molecule has 2 N–H and O–H groups in total. The predicted octanol–water partition coefficient (Wildman–Crippen LogP) is 2.71. The van der Waals surface area contributed by atoms with Gasteiger partial charge in [0.15, 0.2) is 0 Å². The SMILES string of the molecule is Cc1ccc2c(c1)C(C(=O)O)C1CSCCC1N2. The molecule has 0 radical (unpaired) electrons. The Morgan fingerprint density at radius 2 is 2.33 bits per heavy atom. The lowest BCUT2D eigenvalue weighted by molar-refractivity contribution is -0.140. The Labute approximate surface area is 111 Å². The Hall–Kier alpha value is -1.16. The van der Waals surface area contributed by atoms with Gasteiger partial charge in [-0.3, -0.25) is 4.79 Å². The van der Waals surface area contributed by atoms with Crippen molar-refractivity contribution in [1.82, 2.24) is 0 Å². The number of carboxylic acid groups (broad SMARTS) is 1. The standard InChI is InChI=1S/C14H17NO2S/c1-8-2-3-11-9(6-8)13(14(16)17)10-7-18-5-4-12(10)15-11/h2-3,6,10,12-13,15H,4-5,7H2,1H3,(H,16,17). The van der Waals surface area contributed by atoms with Crippen LogP contribution in [-0.4, -0.2) is 28.6 Å². The first-order chi connectivity index (χ1) is 8.66. The van der Waals surface area contributed by atoms with Crippen molar-refractivity contribution in [1.29, 1.82) is 0 Å². The molecule has 3 nitrogen and oxygen atoms in total. The molecule has 1 saturated heterocycles. The number of carbonyl (C=O) groups is 1. The minimum atomic E-state index is -0.680. The average molecular weight is 263 g/mol. The minimum Gasteiger partial charge on any atom is -0.481 e. The number of thioether (sulfide) groups is 1. The number of fused-ring (bicyclic) bond motifs is 2. The number of anilines is 1. The number of nitrogens with one attached hydrogen (secondary N) is 1. The van der Waals surface area contributed by atoms with Crippen LogP contribution < -0.4 is 5.32 Å². The number of hydrogen-bond donors (Lipinski definition) is 2. The average Bonchev–Trinajstić information content (AvgIpc) is 2.35. The molecule has 0 spiro atoms. The van der Waals surface area contributed by atoms with Gasteiger partial charge in [0.25, 0.3) is 0 Å². The normalized spacial score (nSPS) is 29.9.